The molecular formula is C54H49N4OPt-3. The first-order valence-electron chi connectivity index (χ1n) is 20.4. The maximum absolute atomic E-state index is 6.73. The maximum Gasteiger partial charge on any atom is 0.135 e. The van der Waals surface area contributed by atoms with Gasteiger partial charge in [-0.2, -0.15) is 6.07 Å². The topological polar surface area (TPSA) is 33.5 Å². The predicted molar refractivity (Wildman–Crippen MR) is 243 cm³/mol. The smallest absolute Gasteiger partial charge is 0.135 e. The molecule has 0 fully saturated rings. The molecule has 0 spiro atoms. The first kappa shape index (κ1) is 40.9. The minimum absolute atomic E-state index is 0. The second-order valence-electron chi connectivity index (χ2n) is 17.6. The van der Waals surface area contributed by atoms with Gasteiger partial charge in [0.05, 0.1) is 0 Å². The van der Waals surface area contributed by atoms with Gasteiger partial charge in [-0.1, -0.05) is 145 Å². The van der Waals surface area contributed by atoms with Crippen molar-refractivity contribution in [1.82, 2.24) is 9.55 Å². The number of hydrogen-bond donors (Lipinski definition) is 0. The van der Waals surface area contributed by atoms with Crippen LogP contribution in [-0.4, -0.2) is 9.55 Å². The summed E-state index contributed by atoms with van der Waals surface area (Å²) in [7, 11) is 0. The van der Waals surface area contributed by atoms with E-state index in [1.165, 1.54) is 22.3 Å². The van der Waals surface area contributed by atoms with E-state index in [0.717, 1.165) is 44.6 Å². The summed E-state index contributed by atoms with van der Waals surface area (Å²) in [6, 6.07) is 58.6. The van der Waals surface area contributed by atoms with Gasteiger partial charge in [-0.25, -0.2) is 4.98 Å². The van der Waals surface area contributed by atoms with Crippen molar-refractivity contribution in [3.05, 3.63) is 211 Å². The molecule has 0 bridgehead atoms. The first-order chi connectivity index (χ1) is 28.4. The van der Waals surface area contributed by atoms with Crippen molar-refractivity contribution in [3.63, 3.8) is 0 Å². The molecule has 0 amide bonds. The van der Waals surface area contributed by atoms with Crippen LogP contribution in [0.2, 0.25) is 0 Å². The van der Waals surface area contributed by atoms with Gasteiger partial charge in [0.2, 0.25) is 0 Å². The molecule has 2 aromatic heterocycles. The molecule has 3 heterocycles. The Balaban J connectivity index is 0.00000499. The van der Waals surface area contributed by atoms with Gasteiger partial charge in [0.25, 0.3) is 0 Å². The zero-order valence-corrected chi connectivity index (χ0v) is 37.5. The molecule has 8 aromatic rings. The fraction of sp³-hybridized carbons (Fsp3) is 0.185. The van der Waals surface area contributed by atoms with E-state index >= 15 is 0 Å². The minimum Gasteiger partial charge on any atom is -0.509 e. The van der Waals surface area contributed by atoms with Crippen LogP contribution in [0.5, 0.6) is 11.5 Å². The molecule has 5 nitrogen and oxygen atoms in total. The van der Waals surface area contributed by atoms with Gasteiger partial charge in [0.1, 0.15) is 5.82 Å². The van der Waals surface area contributed by atoms with Crippen LogP contribution in [0, 0.1) is 18.8 Å². The molecule has 1 aliphatic heterocycles. The third-order valence-corrected chi connectivity index (χ3v) is 11.9. The number of aromatic nitrogens is 2. The van der Waals surface area contributed by atoms with Crippen molar-refractivity contribution < 1.29 is 25.8 Å². The number of para-hydroxylation sites is 1. The zero-order chi connectivity index (χ0) is 40.9. The predicted octanol–water partition coefficient (Wildman–Crippen LogP) is 13.4. The standard InChI is InChI=1S/C54H49N4O.Pt/c1-52(2,3)42-32-44(57-30-29-56(37-57)43-22-16-21-40(31-43)53(4,5)38-17-10-8-11-18-38)35-46(33-42)59-45-25-26-48-47-23-14-15-24-49(47)58(50(48)36-45)51-34-41(27-28-55-51)54(6,7)39-19-12-9-13-20-39;/h8-34,37H,1-7H3;/q-3;. The Bertz CT molecular complexity index is 2830. The summed E-state index contributed by atoms with van der Waals surface area (Å²) in [6.45, 7) is 17.9. The summed E-state index contributed by atoms with van der Waals surface area (Å²) in [4.78, 5) is 9.20. The fourth-order valence-corrected chi connectivity index (χ4v) is 8.12. The maximum atomic E-state index is 6.73. The van der Waals surface area contributed by atoms with Crippen LogP contribution >= 0.6 is 0 Å². The van der Waals surface area contributed by atoms with Crippen molar-refractivity contribution >= 4 is 33.2 Å². The number of anilines is 2. The van der Waals surface area contributed by atoms with Crippen molar-refractivity contribution in [3.8, 4) is 17.3 Å². The number of hydrogen-bond acceptors (Lipinski definition) is 4. The van der Waals surface area contributed by atoms with E-state index in [1.807, 2.05) is 12.3 Å². The summed E-state index contributed by atoms with van der Waals surface area (Å²) in [5, 5.41) is 2.22. The molecule has 60 heavy (non-hydrogen) atoms. The molecule has 0 radical (unpaired) electrons. The van der Waals surface area contributed by atoms with E-state index in [-0.39, 0.29) is 37.3 Å². The zero-order valence-electron chi connectivity index (χ0n) is 35.2. The van der Waals surface area contributed by atoms with Crippen LogP contribution in [0.4, 0.5) is 11.4 Å². The summed E-state index contributed by atoms with van der Waals surface area (Å²) in [5.74, 6) is 2.07. The van der Waals surface area contributed by atoms with E-state index in [4.69, 9.17) is 9.72 Å². The molecule has 304 valence electrons. The van der Waals surface area contributed by atoms with Gasteiger partial charge in [-0.15, -0.1) is 53.6 Å². The normalized spacial score (nSPS) is 13.2. The average molecular weight is 965 g/mol. The molecule has 0 aliphatic carbocycles. The number of ether oxygens (including phenoxy) is 1. The molecule has 0 N–H and O–H groups in total. The van der Waals surface area contributed by atoms with Crippen LogP contribution in [-0.2, 0) is 37.3 Å². The van der Waals surface area contributed by atoms with Crippen LogP contribution in [0.15, 0.2) is 164 Å². The van der Waals surface area contributed by atoms with Crippen molar-refractivity contribution in [2.24, 2.45) is 0 Å². The van der Waals surface area contributed by atoms with E-state index in [2.05, 4.69) is 234 Å². The second-order valence-corrected chi connectivity index (χ2v) is 17.6. The van der Waals surface area contributed by atoms with Crippen LogP contribution in [0.25, 0.3) is 27.6 Å². The second kappa shape index (κ2) is 15.9. The minimum atomic E-state index is -0.219. The Kier molecular flexibility index (Phi) is 10.9. The summed E-state index contributed by atoms with van der Waals surface area (Å²) in [5.41, 5.74) is 9.58. The largest absolute Gasteiger partial charge is 0.509 e. The van der Waals surface area contributed by atoms with Gasteiger partial charge in [-0.3, -0.25) is 0 Å². The van der Waals surface area contributed by atoms with E-state index in [0.29, 0.717) is 11.5 Å². The van der Waals surface area contributed by atoms with Crippen molar-refractivity contribution in [2.75, 3.05) is 9.80 Å². The number of fused-ring (bicyclic) bond motifs is 3. The van der Waals surface area contributed by atoms with Gasteiger partial charge < -0.3 is 19.1 Å². The summed E-state index contributed by atoms with van der Waals surface area (Å²) < 4.78 is 8.93. The number of pyridine rings is 1. The van der Waals surface area contributed by atoms with Gasteiger partial charge in [-0.05, 0) is 75.8 Å². The molecule has 0 unspecified atom stereocenters. The number of benzene rings is 6. The Morgan fingerprint density at radius 1 is 0.533 bits per heavy atom. The van der Waals surface area contributed by atoms with E-state index in [9.17, 15) is 0 Å². The van der Waals surface area contributed by atoms with Gasteiger partial charge >= 0.3 is 0 Å². The molecule has 6 heteroatoms. The quantitative estimate of drug-likeness (QED) is 0.135. The van der Waals surface area contributed by atoms with E-state index < -0.39 is 0 Å². The Morgan fingerprint density at radius 2 is 1.17 bits per heavy atom. The van der Waals surface area contributed by atoms with Crippen LogP contribution in [0.1, 0.15) is 76.3 Å². The Hall–Kier alpha value is -5.90. The summed E-state index contributed by atoms with van der Waals surface area (Å²) >= 11 is 0. The van der Waals surface area contributed by atoms with Crippen LogP contribution < -0.4 is 14.5 Å². The van der Waals surface area contributed by atoms with Crippen LogP contribution in [0.3, 0.4) is 0 Å². The fourth-order valence-electron chi connectivity index (χ4n) is 8.12. The molecule has 0 saturated carbocycles. The molecule has 0 saturated heterocycles. The first-order valence-corrected chi connectivity index (χ1v) is 20.4. The monoisotopic (exact) mass is 964 g/mol. The molecule has 0 atom stereocenters. The third kappa shape index (κ3) is 7.68. The van der Waals surface area contributed by atoms with Crippen molar-refractivity contribution in [1.29, 1.82) is 0 Å². The number of nitrogens with zero attached hydrogens (tertiary/aromatic N) is 4. The molecule has 1 aliphatic rings. The Labute approximate surface area is 369 Å². The Morgan fingerprint density at radius 3 is 1.87 bits per heavy atom. The molecule has 6 aromatic carbocycles. The van der Waals surface area contributed by atoms with E-state index in [1.54, 1.807) is 0 Å². The SMILES string of the molecule is CC(C)(C)c1cc(Oc2[c-]c3c(cc2)c2ccccc2n3-c2cc(C(C)(C)c3ccccc3)ccn2)[c-]c(N2C=CN(c3cccc(C(C)(C)c4ccccc4)c3)[CH-]2)c1.[Pt]. The average Bonchev–Trinajstić information content (AvgIpc) is 3.88. The molecular weight excluding hydrogens is 916 g/mol. The molecule has 9 rings (SSSR count). The van der Waals surface area contributed by atoms with Crippen molar-refractivity contribution in [2.45, 2.75) is 64.7 Å². The van der Waals surface area contributed by atoms with Gasteiger partial charge in [0, 0.05) is 60.8 Å². The van der Waals surface area contributed by atoms with Gasteiger partial charge in [0.15, 0.2) is 0 Å². The number of rotatable bonds is 9. The summed E-state index contributed by atoms with van der Waals surface area (Å²) in [6.07, 6.45) is 6.09. The third-order valence-electron chi connectivity index (χ3n) is 11.9.